The fourth-order valence-corrected chi connectivity index (χ4v) is 4.04. The first-order valence-electron chi connectivity index (χ1n) is 10.3. The lowest BCUT2D eigenvalue weighted by molar-refractivity contribution is -0.133. The molecule has 3 rings (SSSR count). The summed E-state index contributed by atoms with van der Waals surface area (Å²) in [5.74, 6) is -0.189. The summed E-state index contributed by atoms with van der Waals surface area (Å²) in [6, 6.07) is 6.45. The Morgan fingerprint density at radius 3 is 2.61 bits per heavy atom. The molecular formula is C21H31FN4O2. The first-order chi connectivity index (χ1) is 13.6. The number of nitrogens with one attached hydrogen (secondary N) is 1. The number of hydrogen-bond acceptors (Lipinski definition) is 4. The number of halogens is 1. The minimum atomic E-state index is -0.247. The average molecular weight is 391 g/mol. The maximum atomic E-state index is 13.9. The summed E-state index contributed by atoms with van der Waals surface area (Å²) in [4.78, 5) is 31.2. The second-order valence-corrected chi connectivity index (χ2v) is 7.58. The van der Waals surface area contributed by atoms with Crippen molar-refractivity contribution in [2.24, 2.45) is 0 Å². The van der Waals surface area contributed by atoms with E-state index in [-0.39, 0.29) is 23.7 Å². The van der Waals surface area contributed by atoms with Crippen LogP contribution in [0.4, 0.5) is 4.39 Å². The zero-order valence-electron chi connectivity index (χ0n) is 16.7. The molecule has 2 aliphatic heterocycles. The predicted octanol–water partition coefficient (Wildman–Crippen LogP) is 1.46. The fourth-order valence-electron chi connectivity index (χ4n) is 4.04. The molecule has 6 nitrogen and oxygen atoms in total. The highest BCUT2D eigenvalue weighted by Gasteiger charge is 2.31. The minimum absolute atomic E-state index is 0.0579. The van der Waals surface area contributed by atoms with Gasteiger partial charge in [0.25, 0.3) is 0 Å². The van der Waals surface area contributed by atoms with Gasteiger partial charge in [-0.1, -0.05) is 25.1 Å². The van der Waals surface area contributed by atoms with Crippen molar-refractivity contribution in [3.05, 3.63) is 35.6 Å². The molecule has 154 valence electrons. The van der Waals surface area contributed by atoms with E-state index >= 15 is 0 Å². The molecule has 1 N–H and O–H groups in total. The molecule has 0 radical (unpaired) electrons. The summed E-state index contributed by atoms with van der Waals surface area (Å²) in [5, 5.41) is 2.91. The van der Waals surface area contributed by atoms with Crippen molar-refractivity contribution in [1.82, 2.24) is 20.0 Å². The Bertz CT molecular complexity index is 676. The summed E-state index contributed by atoms with van der Waals surface area (Å²) in [7, 11) is 0. The molecule has 2 amide bonds. The molecule has 1 aromatic carbocycles. The third-order valence-corrected chi connectivity index (χ3v) is 5.81. The largest absolute Gasteiger partial charge is 0.354 e. The molecule has 7 heteroatoms. The molecule has 2 saturated heterocycles. The summed E-state index contributed by atoms with van der Waals surface area (Å²) in [6.45, 7) is 8.09. The Morgan fingerprint density at radius 1 is 1.14 bits per heavy atom. The Labute approximate surface area is 166 Å². The van der Waals surface area contributed by atoms with E-state index in [0.717, 1.165) is 52.1 Å². The van der Waals surface area contributed by atoms with E-state index in [2.05, 4.69) is 17.1 Å². The van der Waals surface area contributed by atoms with Crippen LogP contribution in [0.15, 0.2) is 24.3 Å². The number of nitrogens with zero attached hydrogens (tertiary/aromatic N) is 3. The molecule has 1 aromatic rings. The second-order valence-electron chi connectivity index (χ2n) is 7.58. The highest BCUT2D eigenvalue weighted by Crippen LogP contribution is 2.21. The van der Waals surface area contributed by atoms with E-state index < -0.39 is 0 Å². The Kier molecular flexibility index (Phi) is 7.39. The maximum Gasteiger partial charge on any atom is 0.237 e. The van der Waals surface area contributed by atoms with Gasteiger partial charge in [-0.05, 0) is 32.0 Å². The van der Waals surface area contributed by atoms with Crippen molar-refractivity contribution in [3.8, 4) is 0 Å². The molecule has 1 unspecified atom stereocenters. The van der Waals surface area contributed by atoms with Gasteiger partial charge >= 0.3 is 0 Å². The number of rotatable bonds is 7. The van der Waals surface area contributed by atoms with Crippen LogP contribution in [0.3, 0.4) is 0 Å². The normalized spacial score (nSPS) is 21.1. The van der Waals surface area contributed by atoms with Crippen LogP contribution in [0.2, 0.25) is 0 Å². The highest BCUT2D eigenvalue weighted by molar-refractivity contribution is 5.83. The van der Waals surface area contributed by atoms with Gasteiger partial charge in [0, 0.05) is 51.3 Å². The molecule has 2 fully saturated rings. The number of amides is 2. The van der Waals surface area contributed by atoms with E-state index in [1.165, 1.54) is 6.07 Å². The van der Waals surface area contributed by atoms with Crippen molar-refractivity contribution in [2.45, 2.75) is 38.8 Å². The smallest absolute Gasteiger partial charge is 0.237 e. The summed E-state index contributed by atoms with van der Waals surface area (Å²) in [6.07, 6.45) is 2.03. The number of piperazine rings is 1. The molecule has 0 bridgehead atoms. The standard InChI is InChI=1S/C21H31FN4O2/c1-2-24-12-14-25(15-13-24)20(27)9-10-23-21(28)19-8-5-11-26(19)16-17-6-3-4-7-18(17)22/h3-4,6-7,19H,2,5,8-16H2,1H3,(H,23,28). The zero-order chi connectivity index (χ0) is 19.9. The molecule has 2 aliphatic rings. The Balaban J connectivity index is 1.42. The van der Waals surface area contributed by atoms with E-state index in [0.29, 0.717) is 25.1 Å². The molecule has 1 atom stereocenters. The minimum Gasteiger partial charge on any atom is -0.354 e. The van der Waals surface area contributed by atoms with Gasteiger partial charge in [0.1, 0.15) is 5.82 Å². The summed E-state index contributed by atoms with van der Waals surface area (Å²) >= 11 is 0. The number of benzene rings is 1. The van der Waals surface area contributed by atoms with Crippen molar-refractivity contribution in [1.29, 1.82) is 0 Å². The summed E-state index contributed by atoms with van der Waals surface area (Å²) in [5.41, 5.74) is 0.614. The van der Waals surface area contributed by atoms with Crippen LogP contribution in [0.5, 0.6) is 0 Å². The molecule has 0 saturated carbocycles. The second kappa shape index (κ2) is 9.98. The fraction of sp³-hybridized carbons (Fsp3) is 0.619. The van der Waals surface area contributed by atoms with Crippen molar-refractivity contribution in [2.75, 3.05) is 45.8 Å². The van der Waals surface area contributed by atoms with Gasteiger partial charge in [-0.25, -0.2) is 4.39 Å². The quantitative estimate of drug-likeness (QED) is 0.766. The van der Waals surface area contributed by atoms with Crippen LogP contribution < -0.4 is 5.32 Å². The van der Waals surface area contributed by atoms with Crippen LogP contribution in [0, 0.1) is 5.82 Å². The lowest BCUT2D eigenvalue weighted by Gasteiger charge is -2.34. The first-order valence-corrected chi connectivity index (χ1v) is 10.3. The lowest BCUT2D eigenvalue weighted by Crippen LogP contribution is -2.49. The molecule has 0 aliphatic carbocycles. The monoisotopic (exact) mass is 390 g/mol. The predicted molar refractivity (Wildman–Crippen MR) is 106 cm³/mol. The van der Waals surface area contributed by atoms with Crippen LogP contribution in [-0.4, -0.2) is 78.4 Å². The third kappa shape index (κ3) is 5.29. The SMILES string of the molecule is CCN1CCN(C(=O)CCNC(=O)C2CCCN2Cc2ccccc2F)CC1. The molecular weight excluding hydrogens is 359 g/mol. The van der Waals surface area contributed by atoms with Gasteiger partial charge in [-0.15, -0.1) is 0 Å². The van der Waals surface area contributed by atoms with Crippen LogP contribution in [0.1, 0.15) is 31.7 Å². The maximum absolute atomic E-state index is 13.9. The van der Waals surface area contributed by atoms with E-state index in [4.69, 9.17) is 0 Å². The van der Waals surface area contributed by atoms with Crippen molar-refractivity contribution >= 4 is 11.8 Å². The van der Waals surface area contributed by atoms with E-state index in [1.807, 2.05) is 15.9 Å². The number of likely N-dealkylation sites (tertiary alicyclic amines) is 1. The zero-order valence-corrected chi connectivity index (χ0v) is 16.7. The molecule has 0 aromatic heterocycles. The topological polar surface area (TPSA) is 55.9 Å². The highest BCUT2D eigenvalue weighted by atomic mass is 19.1. The number of carbonyl (C=O) groups excluding carboxylic acids is 2. The number of likely N-dealkylation sites (N-methyl/N-ethyl adjacent to an activating group) is 1. The number of carbonyl (C=O) groups is 2. The Morgan fingerprint density at radius 2 is 1.89 bits per heavy atom. The molecule has 28 heavy (non-hydrogen) atoms. The van der Waals surface area contributed by atoms with Crippen molar-refractivity contribution in [3.63, 3.8) is 0 Å². The van der Waals surface area contributed by atoms with Crippen LogP contribution in [-0.2, 0) is 16.1 Å². The van der Waals surface area contributed by atoms with Gasteiger partial charge in [0.2, 0.25) is 11.8 Å². The first kappa shape index (κ1) is 20.7. The van der Waals surface area contributed by atoms with Gasteiger partial charge in [0.15, 0.2) is 0 Å². The van der Waals surface area contributed by atoms with E-state index in [9.17, 15) is 14.0 Å². The number of hydrogen-bond donors (Lipinski definition) is 1. The third-order valence-electron chi connectivity index (χ3n) is 5.81. The van der Waals surface area contributed by atoms with Gasteiger partial charge in [-0.2, -0.15) is 0 Å². The van der Waals surface area contributed by atoms with Gasteiger partial charge in [-0.3, -0.25) is 14.5 Å². The average Bonchev–Trinajstić information content (AvgIpc) is 3.18. The summed E-state index contributed by atoms with van der Waals surface area (Å²) < 4.78 is 13.9. The van der Waals surface area contributed by atoms with E-state index in [1.54, 1.807) is 12.1 Å². The molecule has 2 heterocycles. The van der Waals surface area contributed by atoms with Crippen molar-refractivity contribution < 1.29 is 14.0 Å². The lowest BCUT2D eigenvalue weighted by atomic mass is 10.1. The molecule has 0 spiro atoms. The van der Waals surface area contributed by atoms with Crippen LogP contribution >= 0.6 is 0 Å². The van der Waals surface area contributed by atoms with Crippen LogP contribution in [0.25, 0.3) is 0 Å². The van der Waals surface area contributed by atoms with Gasteiger partial charge in [0.05, 0.1) is 6.04 Å². The Hall–Kier alpha value is -1.99. The van der Waals surface area contributed by atoms with Gasteiger partial charge < -0.3 is 15.1 Å².